The van der Waals surface area contributed by atoms with Gasteiger partial charge in [0.1, 0.15) is 3.70 Å². The molecule has 1 aromatic rings. The SMILES string of the molecule is Nc1ncc(Cl)c(I)n1. The second kappa shape index (κ2) is 2.66. The van der Waals surface area contributed by atoms with Crippen LogP contribution in [-0.2, 0) is 0 Å². The smallest absolute Gasteiger partial charge is 0.221 e. The molecule has 48 valence electrons. The molecular weight excluding hydrogens is 252 g/mol. The van der Waals surface area contributed by atoms with Crippen molar-refractivity contribution in [3.63, 3.8) is 0 Å². The van der Waals surface area contributed by atoms with E-state index in [0.717, 1.165) is 0 Å². The van der Waals surface area contributed by atoms with Crippen LogP contribution in [0.4, 0.5) is 5.95 Å². The highest BCUT2D eigenvalue weighted by molar-refractivity contribution is 14.1. The molecule has 0 aliphatic heterocycles. The molecule has 0 saturated heterocycles. The molecule has 0 aliphatic rings. The Morgan fingerprint density at radius 2 is 2.33 bits per heavy atom. The normalized spacial score (nSPS) is 9.56. The van der Waals surface area contributed by atoms with E-state index in [4.69, 9.17) is 17.3 Å². The number of halogens is 2. The van der Waals surface area contributed by atoms with Crippen LogP contribution in [0.1, 0.15) is 0 Å². The van der Waals surface area contributed by atoms with Crippen LogP contribution >= 0.6 is 34.2 Å². The predicted octanol–water partition coefficient (Wildman–Crippen LogP) is 1.32. The molecule has 0 unspecified atom stereocenters. The topological polar surface area (TPSA) is 51.8 Å². The molecule has 0 aromatic carbocycles. The van der Waals surface area contributed by atoms with Crippen LogP contribution < -0.4 is 5.73 Å². The van der Waals surface area contributed by atoms with Gasteiger partial charge in [-0.1, -0.05) is 11.6 Å². The van der Waals surface area contributed by atoms with E-state index in [2.05, 4.69) is 9.97 Å². The molecule has 0 amide bonds. The van der Waals surface area contributed by atoms with Gasteiger partial charge in [0.15, 0.2) is 0 Å². The Hall–Kier alpha value is -0.100. The highest BCUT2D eigenvalue weighted by Gasteiger charge is 1.96. The van der Waals surface area contributed by atoms with Crippen molar-refractivity contribution >= 4 is 40.1 Å². The summed E-state index contributed by atoms with van der Waals surface area (Å²) < 4.78 is 0.682. The summed E-state index contributed by atoms with van der Waals surface area (Å²) in [5.74, 6) is 0.254. The number of rotatable bonds is 0. The number of hydrogen-bond acceptors (Lipinski definition) is 3. The maximum atomic E-state index is 5.59. The first-order valence-electron chi connectivity index (χ1n) is 2.13. The lowest BCUT2D eigenvalue weighted by atomic mass is 10.7. The Labute approximate surface area is 70.8 Å². The van der Waals surface area contributed by atoms with Gasteiger partial charge in [0, 0.05) is 0 Å². The minimum Gasteiger partial charge on any atom is -0.368 e. The highest BCUT2D eigenvalue weighted by atomic mass is 127. The summed E-state index contributed by atoms with van der Waals surface area (Å²) in [6, 6.07) is 0. The third kappa shape index (κ3) is 1.65. The zero-order chi connectivity index (χ0) is 6.85. The van der Waals surface area contributed by atoms with Gasteiger partial charge in [0.05, 0.1) is 11.2 Å². The summed E-state index contributed by atoms with van der Waals surface area (Å²) in [6.45, 7) is 0. The quantitative estimate of drug-likeness (QED) is 0.562. The molecule has 0 saturated carbocycles. The lowest BCUT2D eigenvalue weighted by Gasteiger charge is -1.92. The Morgan fingerprint density at radius 1 is 1.67 bits per heavy atom. The fraction of sp³-hybridized carbons (Fsp3) is 0. The Morgan fingerprint density at radius 3 is 2.78 bits per heavy atom. The van der Waals surface area contributed by atoms with Crippen molar-refractivity contribution in [2.45, 2.75) is 0 Å². The van der Waals surface area contributed by atoms with Gasteiger partial charge in [0.25, 0.3) is 0 Å². The number of anilines is 1. The summed E-state index contributed by atoms with van der Waals surface area (Å²) in [5, 5.41) is 0.532. The van der Waals surface area contributed by atoms with Gasteiger partial charge in [-0.2, -0.15) is 0 Å². The van der Waals surface area contributed by atoms with E-state index in [1.165, 1.54) is 6.20 Å². The van der Waals surface area contributed by atoms with Gasteiger partial charge in [-0.25, -0.2) is 9.97 Å². The second-order valence-electron chi connectivity index (χ2n) is 1.37. The van der Waals surface area contributed by atoms with E-state index in [1.807, 2.05) is 22.6 Å². The van der Waals surface area contributed by atoms with Crippen molar-refractivity contribution in [2.75, 3.05) is 5.73 Å². The molecule has 5 heteroatoms. The second-order valence-corrected chi connectivity index (χ2v) is 2.80. The maximum Gasteiger partial charge on any atom is 0.221 e. The van der Waals surface area contributed by atoms with Gasteiger partial charge in [-0.05, 0) is 22.6 Å². The summed E-state index contributed by atoms with van der Waals surface area (Å²) in [6.07, 6.45) is 1.48. The summed E-state index contributed by atoms with van der Waals surface area (Å²) in [4.78, 5) is 7.46. The van der Waals surface area contributed by atoms with Crippen LogP contribution in [0.25, 0.3) is 0 Å². The zero-order valence-electron chi connectivity index (χ0n) is 4.31. The first kappa shape index (κ1) is 7.01. The van der Waals surface area contributed by atoms with Crippen molar-refractivity contribution in [2.24, 2.45) is 0 Å². The summed E-state index contributed by atoms with van der Waals surface area (Å²) in [5.41, 5.74) is 5.24. The molecule has 0 atom stereocenters. The van der Waals surface area contributed by atoms with Crippen molar-refractivity contribution < 1.29 is 0 Å². The first-order valence-corrected chi connectivity index (χ1v) is 3.59. The van der Waals surface area contributed by atoms with Crippen LogP contribution in [-0.4, -0.2) is 9.97 Å². The molecule has 0 fully saturated rings. The number of nitrogen functional groups attached to an aromatic ring is 1. The van der Waals surface area contributed by atoms with Gasteiger partial charge >= 0.3 is 0 Å². The number of aromatic nitrogens is 2. The molecule has 0 radical (unpaired) electrons. The minimum atomic E-state index is 0.254. The monoisotopic (exact) mass is 255 g/mol. The van der Waals surface area contributed by atoms with E-state index in [0.29, 0.717) is 8.72 Å². The van der Waals surface area contributed by atoms with Crippen molar-refractivity contribution in [3.8, 4) is 0 Å². The van der Waals surface area contributed by atoms with E-state index in [-0.39, 0.29) is 5.95 Å². The molecule has 1 rings (SSSR count). The zero-order valence-corrected chi connectivity index (χ0v) is 7.22. The molecule has 1 aromatic heterocycles. The van der Waals surface area contributed by atoms with E-state index in [1.54, 1.807) is 0 Å². The van der Waals surface area contributed by atoms with Crippen LogP contribution in [0.5, 0.6) is 0 Å². The van der Waals surface area contributed by atoms with Gasteiger partial charge in [-0.15, -0.1) is 0 Å². The molecule has 0 bridgehead atoms. The van der Waals surface area contributed by atoms with Crippen LogP contribution in [0.3, 0.4) is 0 Å². The highest BCUT2D eigenvalue weighted by Crippen LogP contribution is 2.13. The van der Waals surface area contributed by atoms with Crippen LogP contribution in [0.2, 0.25) is 5.02 Å². The van der Waals surface area contributed by atoms with E-state index in [9.17, 15) is 0 Å². The van der Waals surface area contributed by atoms with Crippen molar-refractivity contribution in [1.29, 1.82) is 0 Å². The Bertz CT molecular complexity index is 227. The molecular formula is C4H3ClIN3. The number of nitrogens with two attached hydrogens (primary N) is 1. The molecule has 2 N–H and O–H groups in total. The van der Waals surface area contributed by atoms with Gasteiger partial charge < -0.3 is 5.73 Å². The molecule has 1 heterocycles. The third-order valence-corrected chi connectivity index (χ3v) is 2.14. The van der Waals surface area contributed by atoms with Crippen molar-refractivity contribution in [3.05, 3.63) is 14.9 Å². The fourth-order valence-electron chi connectivity index (χ4n) is 0.359. The lowest BCUT2D eigenvalue weighted by Crippen LogP contribution is -1.95. The Kier molecular flexibility index (Phi) is 2.07. The first-order chi connectivity index (χ1) is 4.20. The number of nitrogens with zero attached hydrogens (tertiary/aromatic N) is 2. The minimum absolute atomic E-state index is 0.254. The molecule has 3 nitrogen and oxygen atoms in total. The van der Waals surface area contributed by atoms with E-state index >= 15 is 0 Å². The molecule has 0 spiro atoms. The molecule has 9 heavy (non-hydrogen) atoms. The average Bonchev–Trinajstić information content (AvgIpc) is 1.80. The van der Waals surface area contributed by atoms with Gasteiger partial charge in [-0.3, -0.25) is 0 Å². The maximum absolute atomic E-state index is 5.59. The summed E-state index contributed by atoms with van der Waals surface area (Å²) in [7, 11) is 0. The lowest BCUT2D eigenvalue weighted by molar-refractivity contribution is 1.15. The fourth-order valence-corrected chi connectivity index (χ4v) is 0.836. The standard InChI is InChI=1S/C4H3ClIN3/c5-2-1-8-4(7)9-3(2)6/h1H,(H2,7,8,9). The average molecular weight is 255 g/mol. The third-order valence-electron chi connectivity index (χ3n) is 0.720. The predicted molar refractivity (Wildman–Crippen MR) is 44.2 cm³/mol. The largest absolute Gasteiger partial charge is 0.368 e. The Balaban J connectivity index is 3.17. The van der Waals surface area contributed by atoms with Gasteiger partial charge in [0.2, 0.25) is 5.95 Å². The number of hydrogen-bond donors (Lipinski definition) is 1. The van der Waals surface area contributed by atoms with Crippen LogP contribution in [0.15, 0.2) is 6.20 Å². The van der Waals surface area contributed by atoms with Crippen molar-refractivity contribution in [1.82, 2.24) is 9.97 Å². The molecule has 0 aliphatic carbocycles. The van der Waals surface area contributed by atoms with Crippen LogP contribution in [0, 0.1) is 3.70 Å². The summed E-state index contributed by atoms with van der Waals surface area (Å²) >= 11 is 7.58. The van der Waals surface area contributed by atoms with E-state index < -0.39 is 0 Å².